The van der Waals surface area contributed by atoms with Gasteiger partial charge in [0.05, 0.1) is 0 Å². The predicted molar refractivity (Wildman–Crippen MR) is 84.6 cm³/mol. The Morgan fingerprint density at radius 1 is 1.09 bits per heavy atom. The molecule has 1 aromatic carbocycles. The van der Waals surface area contributed by atoms with Crippen LogP contribution in [0.4, 0.5) is 4.79 Å². The summed E-state index contributed by atoms with van der Waals surface area (Å²) in [6, 6.07) is 8.83. The van der Waals surface area contributed by atoms with Crippen molar-refractivity contribution in [2.45, 2.75) is 31.7 Å². The molecule has 4 amide bonds. The number of hydrogen-bond acceptors (Lipinski definition) is 3. The Balaban J connectivity index is 1.51. The second-order valence-electron chi connectivity index (χ2n) is 6.02. The van der Waals surface area contributed by atoms with E-state index >= 15 is 0 Å². The molecule has 0 saturated carbocycles. The van der Waals surface area contributed by atoms with Gasteiger partial charge in [-0.05, 0) is 18.4 Å². The molecule has 23 heavy (non-hydrogen) atoms. The minimum atomic E-state index is -0.488. The molecule has 2 aliphatic rings. The van der Waals surface area contributed by atoms with Gasteiger partial charge in [-0.3, -0.25) is 14.5 Å². The monoisotopic (exact) mass is 315 g/mol. The van der Waals surface area contributed by atoms with Crippen LogP contribution >= 0.6 is 0 Å². The highest BCUT2D eigenvalue weighted by molar-refractivity contribution is 6.04. The topological polar surface area (TPSA) is 69.7 Å². The first-order valence-corrected chi connectivity index (χ1v) is 8.09. The molecular weight excluding hydrogens is 294 g/mol. The van der Waals surface area contributed by atoms with Gasteiger partial charge >= 0.3 is 6.03 Å². The van der Waals surface area contributed by atoms with Crippen molar-refractivity contribution in [1.29, 1.82) is 0 Å². The lowest BCUT2D eigenvalue weighted by molar-refractivity contribution is -0.127. The van der Waals surface area contributed by atoms with E-state index in [-0.39, 0.29) is 17.8 Å². The van der Waals surface area contributed by atoms with Crippen molar-refractivity contribution < 1.29 is 14.4 Å². The van der Waals surface area contributed by atoms with Gasteiger partial charge in [-0.2, -0.15) is 0 Å². The molecule has 1 atom stereocenters. The zero-order chi connectivity index (χ0) is 16.2. The van der Waals surface area contributed by atoms with E-state index in [0.29, 0.717) is 32.4 Å². The van der Waals surface area contributed by atoms with Gasteiger partial charge in [-0.25, -0.2) is 4.79 Å². The van der Waals surface area contributed by atoms with E-state index in [1.807, 2.05) is 30.3 Å². The van der Waals surface area contributed by atoms with Gasteiger partial charge in [-0.15, -0.1) is 0 Å². The van der Waals surface area contributed by atoms with E-state index in [1.54, 1.807) is 4.90 Å². The first-order chi connectivity index (χ1) is 11.1. The number of carbonyl (C=O) groups excluding carboxylic acids is 3. The third-order valence-corrected chi connectivity index (χ3v) is 4.37. The molecule has 0 bridgehead atoms. The van der Waals surface area contributed by atoms with Gasteiger partial charge in [0, 0.05) is 32.5 Å². The lowest BCUT2D eigenvalue weighted by Gasteiger charge is -2.18. The highest BCUT2D eigenvalue weighted by atomic mass is 16.2. The molecule has 2 fully saturated rings. The molecule has 6 nitrogen and oxygen atoms in total. The summed E-state index contributed by atoms with van der Waals surface area (Å²) >= 11 is 0. The third-order valence-electron chi connectivity index (χ3n) is 4.37. The average Bonchev–Trinajstić information content (AvgIpc) is 3.06. The fraction of sp³-hybridized carbons (Fsp3) is 0.471. The second kappa shape index (κ2) is 6.81. The summed E-state index contributed by atoms with van der Waals surface area (Å²) in [5, 5.41) is 2.75. The van der Waals surface area contributed by atoms with Gasteiger partial charge in [0.25, 0.3) is 5.91 Å². The maximum absolute atomic E-state index is 12.4. The third kappa shape index (κ3) is 3.52. The molecule has 6 heteroatoms. The van der Waals surface area contributed by atoms with Gasteiger partial charge < -0.3 is 10.2 Å². The quantitative estimate of drug-likeness (QED) is 0.801. The Morgan fingerprint density at radius 2 is 1.87 bits per heavy atom. The molecule has 1 N–H and O–H groups in total. The Kier molecular flexibility index (Phi) is 4.60. The fourth-order valence-corrected chi connectivity index (χ4v) is 3.14. The first-order valence-electron chi connectivity index (χ1n) is 8.09. The van der Waals surface area contributed by atoms with Crippen LogP contribution in [0, 0.1) is 0 Å². The molecule has 0 aromatic heterocycles. The predicted octanol–water partition coefficient (Wildman–Crippen LogP) is 1.16. The van der Waals surface area contributed by atoms with E-state index in [0.717, 1.165) is 18.5 Å². The van der Waals surface area contributed by atoms with Crippen molar-refractivity contribution in [3.05, 3.63) is 35.9 Å². The Morgan fingerprint density at radius 3 is 2.57 bits per heavy atom. The van der Waals surface area contributed by atoms with Crippen molar-refractivity contribution in [3.63, 3.8) is 0 Å². The summed E-state index contributed by atoms with van der Waals surface area (Å²) in [7, 11) is 0. The van der Waals surface area contributed by atoms with Gasteiger partial charge in [0.1, 0.15) is 6.04 Å². The number of likely N-dealkylation sites (tertiary alicyclic amines) is 1. The van der Waals surface area contributed by atoms with E-state index < -0.39 is 6.04 Å². The molecular formula is C17H21N3O3. The van der Waals surface area contributed by atoms with Gasteiger partial charge in [0.15, 0.2) is 0 Å². The maximum Gasteiger partial charge on any atom is 0.324 e. The highest BCUT2D eigenvalue weighted by Crippen LogP contribution is 2.14. The van der Waals surface area contributed by atoms with Crippen LogP contribution in [0.2, 0.25) is 0 Å². The van der Waals surface area contributed by atoms with E-state index in [2.05, 4.69) is 5.32 Å². The smallest absolute Gasteiger partial charge is 0.324 e. The highest BCUT2D eigenvalue weighted by Gasteiger charge is 2.37. The zero-order valence-electron chi connectivity index (χ0n) is 13.0. The molecule has 0 unspecified atom stereocenters. The fourth-order valence-electron chi connectivity index (χ4n) is 3.14. The van der Waals surface area contributed by atoms with Crippen LogP contribution in [0.15, 0.2) is 30.3 Å². The normalized spacial score (nSPS) is 21.2. The molecule has 0 spiro atoms. The maximum atomic E-state index is 12.4. The SMILES string of the molecule is O=C1CCCN1CCCN1C(=O)N[C@@H](Cc2ccccc2)C1=O. The van der Waals surface area contributed by atoms with Crippen molar-refractivity contribution >= 4 is 17.8 Å². The number of benzene rings is 1. The summed E-state index contributed by atoms with van der Waals surface area (Å²) in [6.07, 6.45) is 2.65. The average molecular weight is 315 g/mol. The number of carbonyl (C=O) groups is 3. The van der Waals surface area contributed by atoms with Crippen molar-refractivity contribution in [1.82, 2.24) is 15.1 Å². The molecule has 1 aromatic rings. The van der Waals surface area contributed by atoms with E-state index in [1.165, 1.54) is 4.90 Å². The lowest BCUT2D eigenvalue weighted by Crippen LogP contribution is -2.35. The molecule has 2 aliphatic heterocycles. The summed E-state index contributed by atoms with van der Waals surface area (Å²) in [5.74, 6) is -0.00393. The summed E-state index contributed by atoms with van der Waals surface area (Å²) < 4.78 is 0. The van der Waals surface area contributed by atoms with Gasteiger partial charge in [-0.1, -0.05) is 30.3 Å². The zero-order valence-corrected chi connectivity index (χ0v) is 13.0. The van der Waals surface area contributed by atoms with E-state index in [4.69, 9.17) is 0 Å². The number of urea groups is 1. The summed E-state index contributed by atoms with van der Waals surface area (Å²) in [5.41, 5.74) is 1.02. The summed E-state index contributed by atoms with van der Waals surface area (Å²) in [4.78, 5) is 39.0. The van der Waals surface area contributed by atoms with Crippen molar-refractivity contribution in [2.75, 3.05) is 19.6 Å². The van der Waals surface area contributed by atoms with Crippen LogP contribution in [0.1, 0.15) is 24.8 Å². The molecule has 2 saturated heterocycles. The minimum Gasteiger partial charge on any atom is -0.343 e. The van der Waals surface area contributed by atoms with Crippen LogP contribution in [0.3, 0.4) is 0 Å². The molecule has 0 aliphatic carbocycles. The number of hydrogen-bond donors (Lipinski definition) is 1. The largest absolute Gasteiger partial charge is 0.343 e. The van der Waals surface area contributed by atoms with Crippen LogP contribution < -0.4 is 5.32 Å². The number of nitrogens with zero attached hydrogens (tertiary/aromatic N) is 2. The molecule has 0 radical (unpaired) electrons. The first kappa shape index (κ1) is 15.5. The number of rotatable bonds is 6. The number of imide groups is 1. The van der Waals surface area contributed by atoms with Crippen LogP contribution in [0.25, 0.3) is 0 Å². The van der Waals surface area contributed by atoms with Crippen LogP contribution in [-0.2, 0) is 16.0 Å². The van der Waals surface area contributed by atoms with E-state index in [9.17, 15) is 14.4 Å². The Bertz CT molecular complexity index is 602. The Labute approximate surface area is 135 Å². The van der Waals surface area contributed by atoms with Crippen molar-refractivity contribution in [3.8, 4) is 0 Å². The van der Waals surface area contributed by atoms with Crippen LogP contribution in [0.5, 0.6) is 0 Å². The molecule has 2 heterocycles. The van der Waals surface area contributed by atoms with Gasteiger partial charge in [0.2, 0.25) is 5.91 Å². The summed E-state index contributed by atoms with van der Waals surface area (Å²) in [6.45, 7) is 1.76. The minimum absolute atomic E-state index is 0.171. The number of nitrogens with one attached hydrogen (secondary N) is 1. The van der Waals surface area contributed by atoms with Crippen molar-refractivity contribution in [2.24, 2.45) is 0 Å². The molecule has 122 valence electrons. The van der Waals surface area contributed by atoms with Crippen LogP contribution in [-0.4, -0.2) is 53.3 Å². The molecule has 3 rings (SSSR count). The lowest BCUT2D eigenvalue weighted by atomic mass is 10.1. The standard InChI is InChI=1S/C17H21N3O3/c21-15-8-4-9-19(15)10-5-11-20-16(22)14(18-17(20)23)12-13-6-2-1-3-7-13/h1-3,6-7,14H,4-5,8-12H2,(H,18,23)/t14-/m0/s1. The number of amides is 4. The second-order valence-corrected chi connectivity index (χ2v) is 6.02. The Hall–Kier alpha value is -2.37.